The predicted molar refractivity (Wildman–Crippen MR) is 95.2 cm³/mol. The van der Waals surface area contributed by atoms with Gasteiger partial charge >= 0.3 is 0 Å². The van der Waals surface area contributed by atoms with E-state index in [-0.39, 0.29) is 36.1 Å². The number of nitrogens with zero attached hydrogens (tertiary/aromatic N) is 1. The molecule has 6 heteroatoms. The Kier molecular flexibility index (Phi) is 6.17. The number of Topliss-reactive ketones (excluding diaryl/α,β-unsaturated/α-hetero) is 1. The summed E-state index contributed by atoms with van der Waals surface area (Å²) in [4.78, 5) is 26.5. The van der Waals surface area contributed by atoms with E-state index >= 15 is 0 Å². The molecule has 1 amide bonds. The molecular weight excluding hydrogens is 335 g/mol. The third kappa shape index (κ3) is 4.58. The minimum atomic E-state index is -0.551. The van der Waals surface area contributed by atoms with Crippen LogP contribution in [0.4, 0.5) is 4.39 Å². The third-order valence-electron chi connectivity index (χ3n) is 4.70. The summed E-state index contributed by atoms with van der Waals surface area (Å²) in [6.45, 7) is 2.39. The van der Waals surface area contributed by atoms with Crippen molar-refractivity contribution in [3.05, 3.63) is 59.8 Å². The van der Waals surface area contributed by atoms with E-state index in [2.05, 4.69) is 10.2 Å². The highest BCUT2D eigenvalue weighted by atomic mass is 19.1. The minimum absolute atomic E-state index is 0.00119. The number of halogens is 1. The van der Waals surface area contributed by atoms with Crippen molar-refractivity contribution in [2.75, 3.05) is 19.6 Å². The second-order valence-corrected chi connectivity index (χ2v) is 6.48. The Bertz CT molecular complexity index is 739. The van der Waals surface area contributed by atoms with Crippen molar-refractivity contribution in [2.45, 2.75) is 31.7 Å². The maximum atomic E-state index is 13.6. The fourth-order valence-electron chi connectivity index (χ4n) is 3.29. The lowest BCUT2D eigenvalue weighted by molar-refractivity contribution is -0.121. The zero-order valence-corrected chi connectivity index (χ0v) is 14.6. The Morgan fingerprint density at radius 2 is 1.88 bits per heavy atom. The molecule has 1 aromatic heterocycles. The number of hydrogen-bond donors (Lipinski definition) is 1. The number of carbonyl (C=O) groups excluding carboxylic acids is 2. The van der Waals surface area contributed by atoms with E-state index in [1.165, 1.54) is 18.2 Å². The monoisotopic (exact) mass is 358 g/mol. The molecule has 0 spiro atoms. The second kappa shape index (κ2) is 8.76. The maximum absolute atomic E-state index is 13.6. The molecule has 5 nitrogen and oxygen atoms in total. The molecule has 1 aromatic carbocycles. The number of ketones is 1. The van der Waals surface area contributed by atoms with E-state index in [1.807, 2.05) is 12.1 Å². The summed E-state index contributed by atoms with van der Waals surface area (Å²) in [7, 11) is 0. The van der Waals surface area contributed by atoms with E-state index in [9.17, 15) is 14.0 Å². The van der Waals surface area contributed by atoms with Gasteiger partial charge in [-0.2, -0.15) is 0 Å². The number of nitrogens with one attached hydrogen (secondary N) is 1. The summed E-state index contributed by atoms with van der Waals surface area (Å²) in [6.07, 6.45) is 3.94. The molecule has 2 aromatic rings. The average Bonchev–Trinajstić information content (AvgIpc) is 3.35. The molecule has 1 unspecified atom stereocenters. The molecule has 1 fully saturated rings. The van der Waals surface area contributed by atoms with E-state index in [0.717, 1.165) is 31.7 Å². The van der Waals surface area contributed by atoms with Crippen LogP contribution < -0.4 is 5.32 Å². The van der Waals surface area contributed by atoms with Gasteiger partial charge in [-0.05, 0) is 50.2 Å². The molecule has 1 aliphatic heterocycles. The Hall–Kier alpha value is -2.47. The number of amides is 1. The molecule has 3 rings (SSSR count). The number of furan rings is 1. The van der Waals surface area contributed by atoms with Crippen LogP contribution in [0.2, 0.25) is 0 Å². The topological polar surface area (TPSA) is 62.6 Å². The predicted octanol–water partition coefficient (Wildman–Crippen LogP) is 3.33. The van der Waals surface area contributed by atoms with Gasteiger partial charge in [0.1, 0.15) is 11.6 Å². The van der Waals surface area contributed by atoms with E-state index < -0.39 is 5.82 Å². The first kappa shape index (κ1) is 18.3. The van der Waals surface area contributed by atoms with Crippen molar-refractivity contribution in [1.82, 2.24) is 10.2 Å². The third-order valence-corrected chi connectivity index (χ3v) is 4.70. The van der Waals surface area contributed by atoms with Crippen LogP contribution >= 0.6 is 0 Å². The fraction of sp³-hybridized carbons (Fsp3) is 0.400. The molecule has 2 heterocycles. The molecule has 0 radical (unpaired) electrons. The summed E-state index contributed by atoms with van der Waals surface area (Å²) >= 11 is 0. The lowest BCUT2D eigenvalue weighted by Gasteiger charge is -2.26. The van der Waals surface area contributed by atoms with Gasteiger partial charge in [0.25, 0.3) is 0 Å². The number of carbonyl (C=O) groups is 2. The maximum Gasteiger partial charge on any atom is 0.220 e. The molecule has 26 heavy (non-hydrogen) atoms. The van der Waals surface area contributed by atoms with Gasteiger partial charge in [0.05, 0.1) is 17.9 Å². The van der Waals surface area contributed by atoms with Crippen molar-refractivity contribution < 1.29 is 18.4 Å². The van der Waals surface area contributed by atoms with Crippen LogP contribution in [0.25, 0.3) is 0 Å². The van der Waals surface area contributed by atoms with Crippen LogP contribution in [0.15, 0.2) is 47.1 Å². The van der Waals surface area contributed by atoms with Gasteiger partial charge in [0, 0.05) is 19.4 Å². The zero-order chi connectivity index (χ0) is 18.4. The lowest BCUT2D eigenvalue weighted by Crippen LogP contribution is -2.36. The van der Waals surface area contributed by atoms with Crippen LogP contribution in [0, 0.1) is 5.82 Å². The van der Waals surface area contributed by atoms with Crippen molar-refractivity contribution in [3.8, 4) is 0 Å². The van der Waals surface area contributed by atoms with Crippen molar-refractivity contribution in [2.24, 2.45) is 0 Å². The summed E-state index contributed by atoms with van der Waals surface area (Å²) in [5.74, 6) is -0.301. The molecular formula is C20H23FN2O3. The normalized spacial score (nSPS) is 15.7. The first-order chi connectivity index (χ1) is 12.6. The molecule has 0 aliphatic carbocycles. The summed E-state index contributed by atoms with van der Waals surface area (Å²) in [6, 6.07) is 9.59. The van der Waals surface area contributed by atoms with Gasteiger partial charge in [-0.3, -0.25) is 14.5 Å². The first-order valence-corrected chi connectivity index (χ1v) is 8.97. The van der Waals surface area contributed by atoms with Gasteiger partial charge in [-0.15, -0.1) is 0 Å². The van der Waals surface area contributed by atoms with E-state index in [4.69, 9.17) is 4.42 Å². The van der Waals surface area contributed by atoms with Crippen LogP contribution in [-0.4, -0.2) is 36.2 Å². The van der Waals surface area contributed by atoms with Gasteiger partial charge in [-0.1, -0.05) is 12.1 Å². The van der Waals surface area contributed by atoms with Crippen LogP contribution in [0.3, 0.4) is 0 Å². The zero-order valence-electron chi connectivity index (χ0n) is 14.6. The molecule has 0 saturated carbocycles. The Morgan fingerprint density at radius 1 is 1.12 bits per heavy atom. The molecule has 0 bridgehead atoms. The van der Waals surface area contributed by atoms with Crippen LogP contribution in [-0.2, 0) is 4.79 Å². The SMILES string of the molecule is O=C(CCC(=O)c1ccccc1F)NCC(c1ccco1)N1CCCC1. The quantitative estimate of drug-likeness (QED) is 0.735. The Balaban J connectivity index is 1.51. The highest BCUT2D eigenvalue weighted by Crippen LogP contribution is 2.24. The highest BCUT2D eigenvalue weighted by Gasteiger charge is 2.26. The largest absolute Gasteiger partial charge is 0.468 e. The molecule has 1 atom stereocenters. The number of rotatable bonds is 8. The van der Waals surface area contributed by atoms with Crippen molar-refractivity contribution in [3.63, 3.8) is 0 Å². The van der Waals surface area contributed by atoms with Gasteiger partial charge in [0.2, 0.25) is 5.91 Å². The standard InChI is InChI=1S/C20H23FN2O3/c21-16-7-2-1-6-15(16)18(24)9-10-20(25)22-14-17(19-8-5-13-26-19)23-11-3-4-12-23/h1-2,5-8,13,17H,3-4,9-12,14H2,(H,22,25). The molecule has 1 aliphatic rings. The van der Waals surface area contributed by atoms with Gasteiger partial charge in [0.15, 0.2) is 5.78 Å². The van der Waals surface area contributed by atoms with E-state index in [1.54, 1.807) is 12.3 Å². The minimum Gasteiger partial charge on any atom is -0.468 e. The van der Waals surface area contributed by atoms with Crippen LogP contribution in [0.1, 0.15) is 47.8 Å². The van der Waals surface area contributed by atoms with Gasteiger partial charge < -0.3 is 9.73 Å². The number of hydrogen-bond acceptors (Lipinski definition) is 4. The van der Waals surface area contributed by atoms with Crippen molar-refractivity contribution >= 4 is 11.7 Å². The second-order valence-electron chi connectivity index (χ2n) is 6.48. The van der Waals surface area contributed by atoms with Gasteiger partial charge in [-0.25, -0.2) is 4.39 Å². The number of benzene rings is 1. The van der Waals surface area contributed by atoms with Crippen LogP contribution in [0.5, 0.6) is 0 Å². The van der Waals surface area contributed by atoms with E-state index in [0.29, 0.717) is 6.54 Å². The average molecular weight is 358 g/mol. The Morgan fingerprint density at radius 3 is 2.58 bits per heavy atom. The summed E-state index contributed by atoms with van der Waals surface area (Å²) in [5, 5.41) is 2.88. The highest BCUT2D eigenvalue weighted by molar-refractivity contribution is 5.98. The lowest BCUT2D eigenvalue weighted by atomic mass is 10.1. The smallest absolute Gasteiger partial charge is 0.220 e. The molecule has 1 N–H and O–H groups in total. The molecule has 138 valence electrons. The molecule has 1 saturated heterocycles. The summed E-state index contributed by atoms with van der Waals surface area (Å²) < 4.78 is 19.1. The first-order valence-electron chi connectivity index (χ1n) is 8.97. The number of likely N-dealkylation sites (tertiary alicyclic amines) is 1. The summed E-state index contributed by atoms with van der Waals surface area (Å²) in [5.41, 5.74) is 0.0332. The fourth-order valence-corrected chi connectivity index (χ4v) is 3.29. The van der Waals surface area contributed by atoms with Crippen molar-refractivity contribution in [1.29, 1.82) is 0 Å². The Labute approximate surface area is 152 Å².